The summed E-state index contributed by atoms with van der Waals surface area (Å²) in [6, 6.07) is 99.9. The zero-order valence-electron chi connectivity index (χ0n) is 41.7. The van der Waals surface area contributed by atoms with Gasteiger partial charge in [0.1, 0.15) is 0 Å². The first kappa shape index (κ1) is 41.2. The summed E-state index contributed by atoms with van der Waals surface area (Å²) >= 11 is 0. The molecule has 12 aromatic carbocycles. The Morgan fingerprint density at radius 3 is 1.00 bits per heavy atom. The van der Waals surface area contributed by atoms with Crippen LogP contribution in [0.3, 0.4) is 0 Å². The van der Waals surface area contributed by atoms with Crippen molar-refractivity contribution in [3.05, 3.63) is 289 Å². The third-order valence-corrected chi connectivity index (χ3v) is 17.5. The molecule has 2 aliphatic rings. The van der Waals surface area contributed by atoms with Crippen LogP contribution in [0.2, 0.25) is 0 Å². The van der Waals surface area contributed by atoms with E-state index < -0.39 is 5.41 Å². The fraction of sp³-hybridized carbons (Fsp3) is 0.0137. The minimum absolute atomic E-state index is 0.596. The van der Waals surface area contributed by atoms with Crippen LogP contribution in [0.5, 0.6) is 0 Å². The van der Waals surface area contributed by atoms with Gasteiger partial charge < -0.3 is 18.3 Å². The number of rotatable bonds is 4. The standard InChI is InChI=1S/C73H44N4/c1-3-19-45(20-4-1)76-63-31-15-9-25-53(63)55-39-41-67-69(71(55)76)57-27-11-17-33-65(57)74(67)47-35-37-51-52-38-36-48(44-62(52)73(61(51)43-47)59-29-13-7-23-49(59)50-24-8-14-30-60(50)73)75-66-34-18-12-28-58(66)70-68(75)42-40-56-54-26-10-16-32-64(54)77(72(56)70)46-21-5-2-6-22-46/h1-44H. The molecule has 1 spiro atoms. The van der Waals surface area contributed by atoms with Gasteiger partial charge in [0, 0.05) is 65.8 Å². The maximum atomic E-state index is 2.54. The summed E-state index contributed by atoms with van der Waals surface area (Å²) < 4.78 is 10.0. The molecule has 0 aliphatic heterocycles. The summed E-state index contributed by atoms with van der Waals surface area (Å²) in [7, 11) is 0. The molecule has 16 aromatic rings. The van der Waals surface area contributed by atoms with E-state index in [1.807, 2.05) is 0 Å². The number of nitrogens with zero attached hydrogens (tertiary/aromatic N) is 4. The van der Waals surface area contributed by atoms with Gasteiger partial charge in [0.15, 0.2) is 0 Å². The van der Waals surface area contributed by atoms with Crippen LogP contribution in [0.4, 0.5) is 0 Å². The van der Waals surface area contributed by atoms with E-state index in [1.165, 1.54) is 132 Å². The Kier molecular flexibility index (Phi) is 8.03. The van der Waals surface area contributed by atoms with Gasteiger partial charge in [-0.05, 0) is 129 Å². The van der Waals surface area contributed by atoms with Crippen LogP contribution < -0.4 is 0 Å². The molecule has 0 N–H and O–H groups in total. The molecule has 0 amide bonds. The number of aromatic nitrogens is 4. The van der Waals surface area contributed by atoms with Crippen LogP contribution in [0.25, 0.3) is 132 Å². The van der Waals surface area contributed by atoms with E-state index in [9.17, 15) is 0 Å². The Morgan fingerprint density at radius 1 is 0.208 bits per heavy atom. The van der Waals surface area contributed by atoms with Gasteiger partial charge in [-0.3, -0.25) is 0 Å². The number of hydrogen-bond acceptors (Lipinski definition) is 0. The first-order chi connectivity index (χ1) is 38.3. The molecule has 0 saturated heterocycles. The van der Waals surface area contributed by atoms with E-state index >= 15 is 0 Å². The van der Waals surface area contributed by atoms with Crippen molar-refractivity contribution in [1.82, 2.24) is 18.3 Å². The predicted octanol–water partition coefficient (Wildman–Crippen LogP) is 18.4. The maximum absolute atomic E-state index is 2.54. The van der Waals surface area contributed by atoms with Crippen molar-refractivity contribution in [2.75, 3.05) is 0 Å². The Labute approximate surface area is 442 Å². The van der Waals surface area contributed by atoms with Crippen molar-refractivity contribution in [2.45, 2.75) is 5.41 Å². The van der Waals surface area contributed by atoms with E-state index in [-0.39, 0.29) is 0 Å². The minimum atomic E-state index is -0.596. The van der Waals surface area contributed by atoms with Gasteiger partial charge in [-0.2, -0.15) is 0 Å². The van der Waals surface area contributed by atoms with Gasteiger partial charge in [0.2, 0.25) is 0 Å². The Balaban J connectivity index is 0.915. The van der Waals surface area contributed by atoms with Crippen molar-refractivity contribution in [3.8, 4) is 45.0 Å². The van der Waals surface area contributed by atoms with Gasteiger partial charge in [0.25, 0.3) is 0 Å². The molecule has 4 nitrogen and oxygen atoms in total. The summed E-state index contributed by atoms with van der Waals surface area (Å²) in [5.74, 6) is 0. The lowest BCUT2D eigenvalue weighted by molar-refractivity contribution is 0.791. The van der Waals surface area contributed by atoms with E-state index in [0.717, 1.165) is 22.7 Å². The van der Waals surface area contributed by atoms with Crippen LogP contribution in [0.1, 0.15) is 22.3 Å². The first-order valence-electron chi connectivity index (χ1n) is 26.8. The molecule has 18 rings (SSSR count). The fourth-order valence-electron chi connectivity index (χ4n) is 14.7. The van der Waals surface area contributed by atoms with Gasteiger partial charge >= 0.3 is 0 Å². The maximum Gasteiger partial charge on any atom is 0.0727 e. The molecule has 4 aromatic heterocycles. The normalized spacial score (nSPS) is 13.3. The highest BCUT2D eigenvalue weighted by atomic mass is 15.0. The molecule has 0 bridgehead atoms. The zero-order chi connectivity index (χ0) is 50.1. The summed E-state index contributed by atoms with van der Waals surface area (Å²) in [4.78, 5) is 0. The summed E-state index contributed by atoms with van der Waals surface area (Å²) in [6.45, 7) is 0. The molecule has 4 heteroatoms. The molecule has 0 radical (unpaired) electrons. The lowest BCUT2D eigenvalue weighted by atomic mass is 9.70. The van der Waals surface area contributed by atoms with Crippen molar-refractivity contribution >= 4 is 87.2 Å². The van der Waals surface area contributed by atoms with Gasteiger partial charge in [-0.25, -0.2) is 0 Å². The Morgan fingerprint density at radius 2 is 0.558 bits per heavy atom. The van der Waals surface area contributed by atoms with E-state index in [2.05, 4.69) is 285 Å². The lowest BCUT2D eigenvalue weighted by Gasteiger charge is -2.31. The highest BCUT2D eigenvalue weighted by molar-refractivity contribution is 6.27. The molecule has 2 aliphatic carbocycles. The predicted molar refractivity (Wildman–Crippen MR) is 320 cm³/mol. The molecule has 77 heavy (non-hydrogen) atoms. The number of para-hydroxylation sites is 6. The third kappa shape index (κ3) is 5.17. The molecule has 4 heterocycles. The second-order valence-electron chi connectivity index (χ2n) is 21.1. The average molecular weight is 977 g/mol. The van der Waals surface area contributed by atoms with Crippen molar-refractivity contribution < 1.29 is 0 Å². The molecule has 0 fully saturated rings. The van der Waals surface area contributed by atoms with Crippen LogP contribution in [-0.2, 0) is 5.41 Å². The minimum Gasteiger partial charge on any atom is -0.309 e. The highest BCUT2D eigenvalue weighted by Crippen LogP contribution is 2.63. The number of fused-ring (bicyclic) bond motifs is 24. The monoisotopic (exact) mass is 976 g/mol. The summed E-state index contributed by atoms with van der Waals surface area (Å²) in [5, 5.41) is 10.0. The smallest absolute Gasteiger partial charge is 0.0727 e. The largest absolute Gasteiger partial charge is 0.309 e. The second-order valence-corrected chi connectivity index (χ2v) is 21.1. The molecule has 0 unspecified atom stereocenters. The van der Waals surface area contributed by atoms with Gasteiger partial charge in [-0.15, -0.1) is 0 Å². The molecular formula is C73H44N4. The lowest BCUT2D eigenvalue weighted by Crippen LogP contribution is -2.26. The zero-order valence-corrected chi connectivity index (χ0v) is 41.7. The number of benzene rings is 12. The van der Waals surface area contributed by atoms with Crippen LogP contribution in [-0.4, -0.2) is 18.3 Å². The third-order valence-electron chi connectivity index (χ3n) is 17.5. The second kappa shape index (κ2) is 15.0. The molecule has 0 saturated carbocycles. The van der Waals surface area contributed by atoms with E-state index in [1.54, 1.807) is 0 Å². The van der Waals surface area contributed by atoms with Crippen molar-refractivity contribution in [1.29, 1.82) is 0 Å². The van der Waals surface area contributed by atoms with E-state index in [0.29, 0.717) is 0 Å². The van der Waals surface area contributed by atoms with Gasteiger partial charge in [-0.1, -0.05) is 182 Å². The summed E-state index contributed by atoms with van der Waals surface area (Å²) in [6.07, 6.45) is 0. The quantitative estimate of drug-likeness (QED) is 0.167. The average Bonchev–Trinajstić information content (AvgIpc) is 4.52. The van der Waals surface area contributed by atoms with E-state index in [4.69, 9.17) is 0 Å². The van der Waals surface area contributed by atoms with Crippen molar-refractivity contribution in [3.63, 3.8) is 0 Å². The fourth-order valence-corrected chi connectivity index (χ4v) is 14.7. The van der Waals surface area contributed by atoms with Crippen LogP contribution in [0.15, 0.2) is 267 Å². The molecular weight excluding hydrogens is 933 g/mol. The van der Waals surface area contributed by atoms with Crippen molar-refractivity contribution in [2.24, 2.45) is 0 Å². The Bertz CT molecular complexity index is 4890. The first-order valence-corrected chi connectivity index (χ1v) is 26.8. The molecule has 356 valence electrons. The SMILES string of the molecule is c1ccc(-n2c3ccccc3c3ccc4c(c5ccccc5n4-c4ccc5c(c4)C4(c6ccccc6-c6ccccc64)c4cc(-n6c7ccccc7c7c6ccc6c8ccccc8n(-c8ccccc8)c67)ccc4-5)c32)cc1. The summed E-state index contributed by atoms with van der Waals surface area (Å²) in [5.41, 5.74) is 24.0. The van der Waals surface area contributed by atoms with Crippen LogP contribution in [0, 0.1) is 0 Å². The van der Waals surface area contributed by atoms with Crippen LogP contribution >= 0.6 is 0 Å². The molecule has 0 atom stereocenters. The Hall–Kier alpha value is -10.2. The number of hydrogen-bond donors (Lipinski definition) is 0. The topological polar surface area (TPSA) is 19.7 Å². The highest BCUT2D eigenvalue weighted by Gasteiger charge is 2.52. The van der Waals surface area contributed by atoms with Gasteiger partial charge in [0.05, 0.1) is 49.5 Å².